The second kappa shape index (κ2) is 4.04. The van der Waals surface area contributed by atoms with Crippen molar-refractivity contribution in [1.82, 2.24) is 9.80 Å². The van der Waals surface area contributed by atoms with Crippen molar-refractivity contribution in [3.63, 3.8) is 0 Å². The van der Waals surface area contributed by atoms with Crippen LogP contribution in [0.5, 0.6) is 0 Å². The van der Waals surface area contributed by atoms with Gasteiger partial charge in [-0.05, 0) is 33.6 Å². The van der Waals surface area contributed by atoms with Crippen molar-refractivity contribution in [1.29, 1.82) is 0 Å². The van der Waals surface area contributed by atoms with Crippen molar-refractivity contribution in [3.05, 3.63) is 0 Å². The highest BCUT2D eigenvalue weighted by Crippen LogP contribution is 2.10. The Hall–Kier alpha value is -0.120. The average molecular weight is 157 g/mol. The molecule has 11 heavy (non-hydrogen) atoms. The van der Waals surface area contributed by atoms with Gasteiger partial charge in [0.05, 0.1) is 0 Å². The van der Waals surface area contributed by atoms with Crippen LogP contribution in [0.4, 0.5) is 0 Å². The number of rotatable bonds is 4. The van der Waals surface area contributed by atoms with Crippen molar-refractivity contribution < 1.29 is 0 Å². The molecule has 3 nitrogen and oxygen atoms in total. The zero-order chi connectivity index (χ0) is 8.27. The van der Waals surface area contributed by atoms with Crippen LogP contribution < -0.4 is 5.73 Å². The number of likely N-dealkylation sites (tertiary alicyclic amines) is 1. The molecular formula is C8H19N3. The lowest BCUT2D eigenvalue weighted by atomic mass is 10.1. The molecule has 1 rings (SSSR count). The molecule has 0 radical (unpaired) electrons. The minimum absolute atomic E-state index is 0.784. The third-order valence-electron chi connectivity index (χ3n) is 2.38. The highest BCUT2D eigenvalue weighted by molar-refractivity contribution is 4.84. The highest BCUT2D eigenvalue weighted by atomic mass is 15.3. The zero-order valence-electron chi connectivity index (χ0n) is 7.58. The molecule has 66 valence electrons. The maximum absolute atomic E-state index is 5.43. The quantitative estimate of drug-likeness (QED) is 0.601. The molecule has 1 fully saturated rings. The normalized spacial score (nSPS) is 20.7. The van der Waals surface area contributed by atoms with Gasteiger partial charge in [-0.2, -0.15) is 0 Å². The summed E-state index contributed by atoms with van der Waals surface area (Å²) in [5.41, 5.74) is 5.43. The first-order valence-electron chi connectivity index (χ1n) is 4.33. The summed E-state index contributed by atoms with van der Waals surface area (Å²) in [7, 11) is 4.35. The molecular weight excluding hydrogens is 138 g/mol. The van der Waals surface area contributed by atoms with Crippen molar-refractivity contribution in [3.8, 4) is 0 Å². The van der Waals surface area contributed by atoms with Crippen LogP contribution in [0, 0.1) is 0 Å². The van der Waals surface area contributed by atoms with E-state index in [2.05, 4.69) is 23.9 Å². The van der Waals surface area contributed by atoms with Crippen LogP contribution in [0.25, 0.3) is 0 Å². The van der Waals surface area contributed by atoms with Gasteiger partial charge in [-0.25, -0.2) is 0 Å². The molecule has 0 amide bonds. The summed E-state index contributed by atoms with van der Waals surface area (Å²) < 4.78 is 0. The molecule has 2 N–H and O–H groups in total. The summed E-state index contributed by atoms with van der Waals surface area (Å²) in [6.07, 6.45) is 1.12. The van der Waals surface area contributed by atoms with Crippen molar-refractivity contribution in [2.75, 3.05) is 40.3 Å². The minimum Gasteiger partial charge on any atom is -0.330 e. The first-order valence-corrected chi connectivity index (χ1v) is 4.33. The van der Waals surface area contributed by atoms with Gasteiger partial charge in [0.2, 0.25) is 0 Å². The Kier molecular flexibility index (Phi) is 3.30. The van der Waals surface area contributed by atoms with E-state index in [0.29, 0.717) is 0 Å². The largest absolute Gasteiger partial charge is 0.330 e. The lowest BCUT2D eigenvalue weighted by Crippen LogP contribution is -2.56. The standard InChI is InChI=1S/C8H19N3/c1-10-6-8(7-10)11(2)5-3-4-9/h8H,3-7,9H2,1-2H3. The fourth-order valence-corrected chi connectivity index (χ4v) is 1.47. The fourth-order valence-electron chi connectivity index (χ4n) is 1.47. The van der Waals surface area contributed by atoms with Gasteiger partial charge in [0.1, 0.15) is 0 Å². The van der Waals surface area contributed by atoms with Crippen LogP contribution in [0.2, 0.25) is 0 Å². The molecule has 0 spiro atoms. The Labute approximate surface area is 69.1 Å². The monoisotopic (exact) mass is 157 g/mol. The number of nitrogens with zero attached hydrogens (tertiary/aromatic N) is 2. The molecule has 0 unspecified atom stereocenters. The van der Waals surface area contributed by atoms with Gasteiger partial charge in [-0.1, -0.05) is 0 Å². The van der Waals surface area contributed by atoms with Crippen LogP contribution >= 0.6 is 0 Å². The van der Waals surface area contributed by atoms with Gasteiger partial charge in [0.15, 0.2) is 0 Å². The van der Waals surface area contributed by atoms with Crippen LogP contribution in [0.15, 0.2) is 0 Å². The Morgan fingerprint density at radius 3 is 2.64 bits per heavy atom. The molecule has 0 bridgehead atoms. The van der Waals surface area contributed by atoms with Crippen LogP contribution in [0.3, 0.4) is 0 Å². The fraction of sp³-hybridized carbons (Fsp3) is 1.00. The molecule has 3 heteroatoms. The molecule has 0 aromatic carbocycles. The lowest BCUT2D eigenvalue weighted by Gasteiger charge is -2.42. The van der Waals surface area contributed by atoms with Gasteiger partial charge in [-0.15, -0.1) is 0 Å². The van der Waals surface area contributed by atoms with E-state index < -0.39 is 0 Å². The first kappa shape index (κ1) is 8.97. The summed E-state index contributed by atoms with van der Waals surface area (Å²) in [4.78, 5) is 4.75. The first-order chi connectivity index (χ1) is 5.24. The third-order valence-corrected chi connectivity index (χ3v) is 2.38. The molecule has 0 saturated carbocycles. The van der Waals surface area contributed by atoms with Gasteiger partial charge in [0, 0.05) is 19.1 Å². The lowest BCUT2D eigenvalue weighted by molar-refractivity contribution is 0.0703. The smallest absolute Gasteiger partial charge is 0.0347 e. The maximum Gasteiger partial charge on any atom is 0.0347 e. The molecule has 1 saturated heterocycles. The second-order valence-corrected chi connectivity index (χ2v) is 3.50. The van der Waals surface area contributed by atoms with E-state index >= 15 is 0 Å². The van der Waals surface area contributed by atoms with Gasteiger partial charge >= 0.3 is 0 Å². The van der Waals surface area contributed by atoms with Crippen molar-refractivity contribution >= 4 is 0 Å². The Morgan fingerprint density at radius 2 is 2.18 bits per heavy atom. The van der Waals surface area contributed by atoms with Crippen LogP contribution in [-0.4, -0.2) is 56.1 Å². The topological polar surface area (TPSA) is 32.5 Å². The van der Waals surface area contributed by atoms with E-state index in [9.17, 15) is 0 Å². The van der Waals surface area contributed by atoms with Crippen LogP contribution in [0.1, 0.15) is 6.42 Å². The summed E-state index contributed by atoms with van der Waals surface area (Å²) >= 11 is 0. The Morgan fingerprint density at radius 1 is 1.55 bits per heavy atom. The van der Waals surface area contributed by atoms with E-state index in [-0.39, 0.29) is 0 Å². The minimum atomic E-state index is 0.784. The second-order valence-electron chi connectivity index (χ2n) is 3.50. The maximum atomic E-state index is 5.43. The molecule has 0 aromatic rings. The molecule has 1 aliphatic heterocycles. The third kappa shape index (κ3) is 2.43. The molecule has 1 aliphatic rings. The highest BCUT2D eigenvalue weighted by Gasteiger charge is 2.25. The Bertz CT molecular complexity index is 110. The van der Waals surface area contributed by atoms with Crippen LogP contribution in [-0.2, 0) is 0 Å². The summed E-state index contributed by atoms with van der Waals surface area (Å²) in [5.74, 6) is 0. The number of hydrogen-bond acceptors (Lipinski definition) is 3. The van der Waals surface area contributed by atoms with E-state index in [1.165, 1.54) is 13.1 Å². The van der Waals surface area contributed by atoms with Crippen molar-refractivity contribution in [2.24, 2.45) is 5.73 Å². The SMILES string of the molecule is CN1CC(N(C)CCCN)C1. The zero-order valence-corrected chi connectivity index (χ0v) is 7.58. The average Bonchev–Trinajstić information content (AvgIpc) is 1.94. The van der Waals surface area contributed by atoms with E-state index in [1.807, 2.05) is 0 Å². The predicted octanol–water partition coefficient (Wildman–Crippen LogP) is -0.419. The van der Waals surface area contributed by atoms with E-state index in [1.54, 1.807) is 0 Å². The number of nitrogens with two attached hydrogens (primary N) is 1. The summed E-state index contributed by atoms with van der Waals surface area (Å²) in [6, 6.07) is 0.784. The van der Waals surface area contributed by atoms with E-state index in [0.717, 1.165) is 25.6 Å². The van der Waals surface area contributed by atoms with Gasteiger partial charge in [0.25, 0.3) is 0 Å². The molecule has 0 atom stereocenters. The summed E-state index contributed by atoms with van der Waals surface area (Å²) in [5, 5.41) is 0. The predicted molar refractivity (Wildman–Crippen MR) is 47.6 cm³/mol. The van der Waals surface area contributed by atoms with Crippen molar-refractivity contribution in [2.45, 2.75) is 12.5 Å². The Balaban J connectivity index is 2.06. The molecule has 0 aromatic heterocycles. The van der Waals surface area contributed by atoms with Gasteiger partial charge in [-0.3, -0.25) is 0 Å². The number of hydrogen-bond donors (Lipinski definition) is 1. The summed E-state index contributed by atoms with van der Waals surface area (Å²) in [6.45, 7) is 4.41. The molecule has 1 heterocycles. The molecule has 0 aliphatic carbocycles. The number of likely N-dealkylation sites (N-methyl/N-ethyl adjacent to an activating group) is 2. The van der Waals surface area contributed by atoms with E-state index in [4.69, 9.17) is 5.73 Å². The van der Waals surface area contributed by atoms with Gasteiger partial charge < -0.3 is 15.5 Å².